The van der Waals surface area contributed by atoms with Crippen LogP contribution in [0.4, 0.5) is 13.2 Å². The zero-order valence-electron chi connectivity index (χ0n) is 17.8. The van der Waals surface area contributed by atoms with Crippen molar-refractivity contribution in [2.24, 2.45) is 10.1 Å². The molecule has 2 aliphatic rings. The van der Waals surface area contributed by atoms with Crippen LogP contribution in [0, 0.1) is 12.3 Å². The van der Waals surface area contributed by atoms with Crippen LogP contribution in [-0.4, -0.2) is 46.4 Å². The van der Waals surface area contributed by atoms with Crippen molar-refractivity contribution < 1.29 is 27.4 Å². The predicted molar refractivity (Wildman–Crippen MR) is 130 cm³/mol. The highest BCUT2D eigenvalue weighted by Gasteiger charge is 2.46. The molecule has 2 aromatic rings. The number of rotatable bonds is 6. The Morgan fingerprint density at radius 2 is 1.74 bits per heavy atom. The molecule has 0 radical (unpaired) electrons. The second kappa shape index (κ2) is 9.92. The van der Waals surface area contributed by atoms with E-state index in [2.05, 4.69) is 10.1 Å². The maximum Gasteiger partial charge on any atom is 0.441 e. The summed E-state index contributed by atoms with van der Waals surface area (Å²) < 4.78 is 50.1. The summed E-state index contributed by atoms with van der Waals surface area (Å²) in [6, 6.07) is 10.4. The number of alkyl halides is 3. The van der Waals surface area contributed by atoms with Gasteiger partial charge in [0.05, 0.1) is 15.6 Å². The molecular weight excluding hydrogens is 528 g/mol. The third-order valence-corrected chi connectivity index (χ3v) is 6.16. The van der Waals surface area contributed by atoms with Gasteiger partial charge in [0.25, 0.3) is 5.91 Å². The lowest BCUT2D eigenvalue weighted by Crippen LogP contribution is -2.35. The first kappa shape index (κ1) is 25.1. The molecule has 4 rings (SSSR count). The molecule has 1 amide bonds. The Balaban J connectivity index is 1.46. The third kappa shape index (κ3) is 5.63. The lowest BCUT2D eigenvalue weighted by atomic mass is 10.1. The smallest absolute Gasteiger partial charge is 0.441 e. The summed E-state index contributed by atoms with van der Waals surface area (Å²) in [5, 5.41) is 10.9. The molecule has 0 unspecified atom stereocenters. The van der Waals surface area contributed by atoms with Crippen LogP contribution < -0.4 is 9.47 Å². The minimum absolute atomic E-state index is 0.132. The van der Waals surface area contributed by atoms with Crippen molar-refractivity contribution in [3.63, 3.8) is 0 Å². The number of aryl methyl sites for hydroxylation is 1. The number of hydrogen-bond acceptors (Lipinski definition) is 6. The van der Waals surface area contributed by atoms with Crippen LogP contribution >= 0.6 is 35.0 Å². The molecule has 13 heteroatoms. The summed E-state index contributed by atoms with van der Waals surface area (Å²) in [6.45, 7) is 2.36. The van der Waals surface area contributed by atoms with Crippen molar-refractivity contribution >= 4 is 63.0 Å². The zero-order valence-corrected chi connectivity index (χ0v) is 20.1. The fourth-order valence-corrected chi connectivity index (χ4v) is 4.38. The Hall–Kier alpha value is -3.02. The maximum atomic E-state index is 13.0. The van der Waals surface area contributed by atoms with Gasteiger partial charge in [-0.15, -0.1) is 0 Å². The lowest BCUT2D eigenvalue weighted by Gasteiger charge is -2.20. The van der Waals surface area contributed by atoms with Gasteiger partial charge in [-0.25, -0.2) is 0 Å². The SMILES string of the molecule is Cc1ccc(OCCOc2c(Cl)cc(/C=C3\C(=N)N4N=C(C(F)(F)F)SC4=NC3=O)cc2Cl)cc1. The van der Waals surface area contributed by atoms with E-state index in [4.69, 9.17) is 38.1 Å². The number of amides is 1. The van der Waals surface area contributed by atoms with Gasteiger partial charge in [0, 0.05) is 0 Å². The molecule has 2 heterocycles. The Morgan fingerprint density at radius 1 is 1.11 bits per heavy atom. The summed E-state index contributed by atoms with van der Waals surface area (Å²) in [6.07, 6.45) is -3.47. The first-order chi connectivity index (χ1) is 16.5. The Kier molecular flexibility index (Phi) is 7.11. The van der Waals surface area contributed by atoms with Crippen LogP contribution in [0.5, 0.6) is 11.5 Å². The van der Waals surface area contributed by atoms with Crippen molar-refractivity contribution in [2.45, 2.75) is 13.1 Å². The molecule has 0 fully saturated rings. The largest absolute Gasteiger partial charge is 0.490 e. The van der Waals surface area contributed by atoms with Gasteiger partial charge in [-0.2, -0.15) is 28.3 Å². The fourth-order valence-electron chi connectivity index (χ4n) is 3.01. The molecule has 7 nitrogen and oxygen atoms in total. The molecule has 2 aromatic carbocycles. The van der Waals surface area contributed by atoms with E-state index in [-0.39, 0.29) is 51.5 Å². The van der Waals surface area contributed by atoms with E-state index >= 15 is 0 Å². The summed E-state index contributed by atoms with van der Waals surface area (Å²) in [7, 11) is 0. The number of hydrogen-bond donors (Lipinski definition) is 1. The highest BCUT2D eigenvalue weighted by molar-refractivity contribution is 8.27. The third-order valence-electron chi connectivity index (χ3n) is 4.65. The molecule has 2 aliphatic heterocycles. The Morgan fingerprint density at radius 3 is 2.37 bits per heavy atom. The standard InChI is InChI=1S/C22H15Cl2F3N4O3S/c1-11-2-4-13(5-3-11)33-6-7-34-17-15(23)9-12(10-16(17)24)8-14-18(28)31-21(29-19(14)32)35-20(30-31)22(25,26)27/h2-5,8-10,28H,6-7H2,1H3/b14-8+,28-18?. The normalized spacial score (nSPS) is 16.9. The van der Waals surface area contributed by atoms with Crippen molar-refractivity contribution in [3.8, 4) is 11.5 Å². The van der Waals surface area contributed by atoms with Crippen LogP contribution in [-0.2, 0) is 4.79 Å². The van der Waals surface area contributed by atoms with E-state index in [1.54, 1.807) is 0 Å². The number of aliphatic imine (C=N–C) groups is 1. The van der Waals surface area contributed by atoms with Crippen LogP contribution in [0.25, 0.3) is 6.08 Å². The first-order valence-corrected chi connectivity index (χ1v) is 11.5. The molecular formula is C22H15Cl2F3N4O3S. The van der Waals surface area contributed by atoms with Gasteiger partial charge < -0.3 is 9.47 Å². The summed E-state index contributed by atoms with van der Waals surface area (Å²) >= 11 is 12.8. The number of halogens is 5. The van der Waals surface area contributed by atoms with Crippen molar-refractivity contribution in [3.05, 3.63) is 63.1 Å². The van der Waals surface area contributed by atoms with E-state index < -0.39 is 23.0 Å². The Labute approximate surface area is 211 Å². The van der Waals surface area contributed by atoms with Crippen LogP contribution in [0.1, 0.15) is 11.1 Å². The minimum Gasteiger partial charge on any atom is -0.490 e. The van der Waals surface area contributed by atoms with Gasteiger partial charge in [-0.05, 0) is 54.6 Å². The second-order valence-corrected chi connectivity index (χ2v) is 9.02. The highest BCUT2D eigenvalue weighted by Crippen LogP contribution is 2.37. The number of ether oxygens (including phenoxy) is 2. The number of thioether (sulfide) groups is 1. The zero-order chi connectivity index (χ0) is 25.3. The van der Waals surface area contributed by atoms with E-state index in [1.165, 1.54) is 18.2 Å². The summed E-state index contributed by atoms with van der Waals surface area (Å²) in [5.41, 5.74) is 1.16. The first-order valence-electron chi connectivity index (χ1n) is 9.91. The molecule has 0 spiro atoms. The topological polar surface area (TPSA) is 87.3 Å². The van der Waals surface area contributed by atoms with Gasteiger partial charge in [-0.3, -0.25) is 10.2 Å². The number of nitrogens with one attached hydrogen (secondary N) is 1. The molecule has 0 aromatic heterocycles. The monoisotopic (exact) mass is 542 g/mol. The van der Waals surface area contributed by atoms with Gasteiger partial charge in [-0.1, -0.05) is 40.9 Å². The van der Waals surface area contributed by atoms with Crippen molar-refractivity contribution in [1.82, 2.24) is 5.01 Å². The van der Waals surface area contributed by atoms with E-state index in [0.29, 0.717) is 16.3 Å². The van der Waals surface area contributed by atoms with E-state index in [0.717, 1.165) is 5.56 Å². The van der Waals surface area contributed by atoms with Crippen LogP contribution in [0.2, 0.25) is 10.0 Å². The molecule has 0 aliphatic carbocycles. The maximum absolute atomic E-state index is 13.0. The average molecular weight is 543 g/mol. The molecule has 0 atom stereocenters. The van der Waals surface area contributed by atoms with E-state index in [1.807, 2.05) is 31.2 Å². The molecule has 35 heavy (non-hydrogen) atoms. The van der Waals surface area contributed by atoms with Crippen LogP contribution in [0.15, 0.2) is 52.1 Å². The molecule has 182 valence electrons. The number of hydrazone groups is 1. The average Bonchev–Trinajstić information content (AvgIpc) is 3.21. The Bertz CT molecular complexity index is 1270. The quantitative estimate of drug-likeness (QED) is 0.360. The number of carbonyl (C=O) groups is 1. The number of fused-ring (bicyclic) bond motifs is 1. The minimum atomic E-state index is -4.72. The number of nitrogens with zero attached hydrogens (tertiary/aromatic N) is 3. The lowest BCUT2D eigenvalue weighted by molar-refractivity contribution is -0.114. The van der Waals surface area contributed by atoms with Crippen molar-refractivity contribution in [2.75, 3.05) is 13.2 Å². The number of carbonyl (C=O) groups excluding carboxylic acids is 1. The van der Waals surface area contributed by atoms with Gasteiger partial charge >= 0.3 is 6.18 Å². The molecule has 0 saturated heterocycles. The molecule has 0 saturated carbocycles. The molecule has 1 N–H and O–H groups in total. The van der Waals surface area contributed by atoms with Gasteiger partial charge in [0.2, 0.25) is 10.2 Å². The second-order valence-electron chi connectivity index (χ2n) is 7.25. The van der Waals surface area contributed by atoms with Crippen LogP contribution in [0.3, 0.4) is 0 Å². The van der Waals surface area contributed by atoms with Gasteiger partial charge in [0.15, 0.2) is 11.6 Å². The highest BCUT2D eigenvalue weighted by atomic mass is 35.5. The summed E-state index contributed by atoms with van der Waals surface area (Å²) in [4.78, 5) is 16.0. The van der Waals surface area contributed by atoms with E-state index in [9.17, 15) is 18.0 Å². The van der Waals surface area contributed by atoms with Gasteiger partial charge in [0.1, 0.15) is 19.0 Å². The number of amidine groups is 2. The van der Waals surface area contributed by atoms with Crippen molar-refractivity contribution in [1.29, 1.82) is 5.41 Å². The molecule has 0 bridgehead atoms. The summed E-state index contributed by atoms with van der Waals surface area (Å²) in [5.74, 6) is -0.545. The fraction of sp³-hybridized carbons (Fsp3) is 0.182. The predicted octanol–water partition coefficient (Wildman–Crippen LogP) is 5.94. The number of benzene rings is 2.